The summed E-state index contributed by atoms with van der Waals surface area (Å²) in [4.78, 5) is 25.1. The van der Waals surface area contributed by atoms with Crippen LogP contribution in [0.15, 0.2) is 11.0 Å². The predicted octanol–water partition coefficient (Wildman–Crippen LogP) is 1.73. The molecule has 0 unspecified atom stereocenters. The summed E-state index contributed by atoms with van der Waals surface area (Å²) in [5, 5.41) is 0. The van der Waals surface area contributed by atoms with Gasteiger partial charge >= 0.3 is 12.3 Å². The zero-order valence-corrected chi connectivity index (χ0v) is 10.4. The van der Waals surface area contributed by atoms with Crippen molar-refractivity contribution in [3.05, 3.63) is 27.7 Å². The number of H-pyrrole nitrogens is 1. The molecule has 0 aliphatic rings. The number of rotatable bonds is 4. The molecule has 1 aromatic rings. The smallest absolute Gasteiger partial charge is 0.469 e. The minimum absolute atomic E-state index is 0.102. The van der Waals surface area contributed by atoms with Gasteiger partial charge in [-0.3, -0.25) is 9.59 Å². The van der Waals surface area contributed by atoms with Crippen LogP contribution in [-0.4, -0.2) is 24.4 Å². The molecule has 9 heteroatoms. The van der Waals surface area contributed by atoms with Crippen molar-refractivity contribution in [3.63, 3.8) is 0 Å². The fourth-order valence-corrected chi connectivity index (χ4v) is 1.46. The van der Waals surface area contributed by atoms with Crippen molar-refractivity contribution in [3.8, 4) is 5.75 Å². The first kappa shape index (κ1) is 15.4. The molecule has 0 fully saturated rings. The second-order valence-electron chi connectivity index (χ2n) is 3.39. The van der Waals surface area contributed by atoms with Crippen molar-refractivity contribution in [2.45, 2.75) is 18.7 Å². The highest BCUT2D eigenvalue weighted by atomic mass is 35.5. The largest absolute Gasteiger partial charge is 0.573 e. The molecule has 0 aromatic carbocycles. The quantitative estimate of drug-likeness (QED) is 0.679. The molecule has 0 saturated carbocycles. The number of halogens is 4. The minimum Gasteiger partial charge on any atom is -0.469 e. The van der Waals surface area contributed by atoms with Crippen LogP contribution in [0.4, 0.5) is 13.2 Å². The summed E-state index contributed by atoms with van der Waals surface area (Å²) < 4.78 is 44.6. The number of alkyl halides is 4. The van der Waals surface area contributed by atoms with Gasteiger partial charge in [0.15, 0.2) is 5.75 Å². The molecule has 0 radical (unpaired) electrons. The highest BCUT2D eigenvalue weighted by Gasteiger charge is 2.34. The zero-order valence-electron chi connectivity index (χ0n) is 9.64. The Labute approximate surface area is 110 Å². The van der Waals surface area contributed by atoms with Crippen LogP contribution in [0.5, 0.6) is 5.75 Å². The Morgan fingerprint density at radius 2 is 2.11 bits per heavy atom. The van der Waals surface area contributed by atoms with Gasteiger partial charge in [0, 0.05) is 11.8 Å². The van der Waals surface area contributed by atoms with Gasteiger partial charge < -0.3 is 14.5 Å². The second kappa shape index (κ2) is 5.96. The molecule has 1 heterocycles. The molecular formula is C10H9ClF3NO4. The molecule has 0 aliphatic heterocycles. The van der Waals surface area contributed by atoms with Crippen molar-refractivity contribution >= 4 is 17.6 Å². The molecule has 0 saturated heterocycles. The van der Waals surface area contributed by atoms with Crippen molar-refractivity contribution < 1.29 is 27.4 Å². The van der Waals surface area contributed by atoms with Gasteiger partial charge in [-0.25, -0.2) is 0 Å². The third kappa shape index (κ3) is 4.16. The molecule has 0 atom stereocenters. The number of ether oxygens (including phenoxy) is 2. The summed E-state index contributed by atoms with van der Waals surface area (Å²) in [6, 6.07) is 0. The third-order valence-corrected chi connectivity index (χ3v) is 2.39. The number of esters is 1. The van der Waals surface area contributed by atoms with Crippen molar-refractivity contribution in [2.24, 2.45) is 0 Å². The van der Waals surface area contributed by atoms with E-state index in [-0.39, 0.29) is 17.1 Å². The van der Waals surface area contributed by atoms with E-state index in [9.17, 15) is 22.8 Å². The van der Waals surface area contributed by atoms with Crippen LogP contribution in [0.2, 0.25) is 0 Å². The van der Waals surface area contributed by atoms with Gasteiger partial charge in [0.25, 0.3) is 0 Å². The SMILES string of the molecule is COC(=O)Cc1[nH]cc(CCl)c(=O)c1OC(F)(F)F. The molecule has 1 aromatic heterocycles. The Bertz CT molecular complexity index is 526. The number of carbonyl (C=O) groups is 1. The number of methoxy groups -OCH3 is 1. The maximum atomic E-state index is 12.2. The molecule has 5 nitrogen and oxygen atoms in total. The summed E-state index contributed by atoms with van der Waals surface area (Å²) in [7, 11) is 1.07. The van der Waals surface area contributed by atoms with Crippen LogP contribution in [0.25, 0.3) is 0 Å². The fraction of sp³-hybridized carbons (Fsp3) is 0.400. The zero-order chi connectivity index (χ0) is 14.6. The molecule has 19 heavy (non-hydrogen) atoms. The van der Waals surface area contributed by atoms with E-state index < -0.39 is 29.9 Å². The Kier molecular flexibility index (Phi) is 4.82. The van der Waals surface area contributed by atoms with Crippen LogP contribution in [0.1, 0.15) is 11.3 Å². The lowest BCUT2D eigenvalue weighted by Crippen LogP contribution is -2.25. The topological polar surface area (TPSA) is 68.4 Å². The molecule has 106 valence electrons. The van der Waals surface area contributed by atoms with Gasteiger partial charge in [0.1, 0.15) is 0 Å². The predicted molar refractivity (Wildman–Crippen MR) is 59.0 cm³/mol. The number of pyridine rings is 1. The van der Waals surface area contributed by atoms with Crippen LogP contribution < -0.4 is 10.2 Å². The summed E-state index contributed by atoms with van der Waals surface area (Å²) >= 11 is 5.41. The third-order valence-electron chi connectivity index (χ3n) is 2.10. The normalized spacial score (nSPS) is 11.2. The lowest BCUT2D eigenvalue weighted by atomic mass is 10.2. The number of aromatic amines is 1. The lowest BCUT2D eigenvalue weighted by molar-refractivity contribution is -0.275. The van der Waals surface area contributed by atoms with E-state index in [1.807, 2.05) is 0 Å². The highest BCUT2D eigenvalue weighted by molar-refractivity contribution is 6.17. The number of nitrogens with one attached hydrogen (secondary N) is 1. The van der Waals surface area contributed by atoms with E-state index in [1.165, 1.54) is 0 Å². The second-order valence-corrected chi connectivity index (χ2v) is 3.65. The molecule has 1 rings (SSSR count). The molecule has 0 bridgehead atoms. The maximum absolute atomic E-state index is 12.2. The monoisotopic (exact) mass is 299 g/mol. The van der Waals surface area contributed by atoms with Gasteiger partial charge in [0.2, 0.25) is 5.43 Å². The van der Waals surface area contributed by atoms with Gasteiger partial charge in [0.05, 0.1) is 25.1 Å². The average molecular weight is 300 g/mol. The first-order valence-electron chi connectivity index (χ1n) is 4.90. The number of carbonyl (C=O) groups excluding carboxylic acids is 1. The first-order chi connectivity index (χ1) is 8.78. The Balaban J connectivity index is 3.26. The Morgan fingerprint density at radius 3 is 2.58 bits per heavy atom. The van der Waals surface area contributed by atoms with E-state index >= 15 is 0 Å². The number of aromatic nitrogens is 1. The van der Waals surface area contributed by atoms with Crippen LogP contribution in [0.3, 0.4) is 0 Å². The van der Waals surface area contributed by atoms with Crippen LogP contribution in [0, 0.1) is 0 Å². The number of hydrogen-bond donors (Lipinski definition) is 1. The minimum atomic E-state index is -5.05. The molecular weight excluding hydrogens is 291 g/mol. The fourth-order valence-electron chi connectivity index (χ4n) is 1.26. The van der Waals surface area contributed by atoms with E-state index in [4.69, 9.17) is 11.6 Å². The van der Waals surface area contributed by atoms with Gasteiger partial charge in [-0.15, -0.1) is 24.8 Å². The van der Waals surface area contributed by atoms with Crippen molar-refractivity contribution in [1.82, 2.24) is 4.98 Å². The van der Waals surface area contributed by atoms with E-state index in [1.54, 1.807) is 0 Å². The Morgan fingerprint density at radius 1 is 1.47 bits per heavy atom. The van der Waals surface area contributed by atoms with Crippen molar-refractivity contribution in [2.75, 3.05) is 7.11 Å². The maximum Gasteiger partial charge on any atom is 0.573 e. The van der Waals surface area contributed by atoms with Gasteiger partial charge in [-0.05, 0) is 0 Å². The van der Waals surface area contributed by atoms with E-state index in [0.29, 0.717) is 0 Å². The summed E-state index contributed by atoms with van der Waals surface area (Å²) in [6.45, 7) is 0. The summed E-state index contributed by atoms with van der Waals surface area (Å²) in [5.74, 6) is -2.11. The lowest BCUT2D eigenvalue weighted by Gasteiger charge is -2.12. The first-order valence-corrected chi connectivity index (χ1v) is 5.44. The molecule has 0 aliphatic carbocycles. The van der Waals surface area contributed by atoms with Crippen molar-refractivity contribution in [1.29, 1.82) is 0 Å². The molecule has 0 spiro atoms. The standard InChI is InChI=1S/C10H9ClF3NO4/c1-18-7(16)2-6-9(19-10(12,13)14)8(17)5(3-11)4-15-6/h4H,2-3H2,1H3,(H,15,17). The average Bonchev–Trinajstić information content (AvgIpc) is 2.32. The summed E-state index contributed by atoms with van der Waals surface area (Å²) in [6.07, 6.45) is -4.49. The van der Waals surface area contributed by atoms with E-state index in [2.05, 4.69) is 14.5 Å². The Hall–Kier alpha value is -1.70. The van der Waals surface area contributed by atoms with Gasteiger partial charge in [-0.2, -0.15) is 0 Å². The number of hydrogen-bond acceptors (Lipinski definition) is 4. The van der Waals surface area contributed by atoms with E-state index in [0.717, 1.165) is 13.3 Å². The highest BCUT2D eigenvalue weighted by Crippen LogP contribution is 2.23. The van der Waals surface area contributed by atoms with Crippen LogP contribution >= 0.6 is 11.6 Å². The summed E-state index contributed by atoms with van der Waals surface area (Å²) in [5.41, 5.74) is -1.46. The molecule has 1 N–H and O–H groups in total. The molecule has 0 amide bonds. The van der Waals surface area contributed by atoms with Gasteiger partial charge in [-0.1, -0.05) is 0 Å². The van der Waals surface area contributed by atoms with Crippen LogP contribution in [-0.2, 0) is 21.8 Å².